The van der Waals surface area contributed by atoms with Crippen LogP contribution in [0.4, 0.5) is 5.13 Å². The van der Waals surface area contributed by atoms with Gasteiger partial charge >= 0.3 is 0 Å². The van der Waals surface area contributed by atoms with Gasteiger partial charge in [0.15, 0.2) is 15.0 Å². The Morgan fingerprint density at radius 1 is 1.52 bits per heavy atom. The molecule has 2 rings (SSSR count). The molecule has 0 amide bonds. The molecule has 0 aliphatic carbocycles. The van der Waals surface area contributed by atoms with Crippen LogP contribution >= 0.6 is 23.1 Å². The van der Waals surface area contributed by atoms with Crippen LogP contribution < -0.4 is 10.2 Å². The highest BCUT2D eigenvalue weighted by Gasteiger charge is 2.34. The van der Waals surface area contributed by atoms with Gasteiger partial charge in [-0.2, -0.15) is 11.8 Å². The van der Waals surface area contributed by atoms with Crippen LogP contribution in [-0.4, -0.2) is 48.6 Å². The Morgan fingerprint density at radius 2 is 2.29 bits per heavy atom. The molecule has 1 aliphatic rings. The summed E-state index contributed by atoms with van der Waals surface area (Å²) >= 11 is 3.25. The molecule has 8 heteroatoms. The topological polar surface area (TPSA) is 62.3 Å². The van der Waals surface area contributed by atoms with E-state index in [-0.39, 0.29) is 5.75 Å². The van der Waals surface area contributed by atoms with Crippen LogP contribution in [0.1, 0.15) is 26.5 Å². The predicted octanol–water partition coefficient (Wildman–Crippen LogP) is 1.96. The second-order valence-corrected chi connectivity index (χ2v) is 9.77. The van der Waals surface area contributed by atoms with Gasteiger partial charge in [0, 0.05) is 41.8 Å². The lowest BCUT2D eigenvalue weighted by molar-refractivity contribution is 0.577. The molecular formula is C13H23N3O2S3. The number of sulfone groups is 1. The summed E-state index contributed by atoms with van der Waals surface area (Å²) in [5.41, 5.74) is 0.981. The first-order valence-electron chi connectivity index (χ1n) is 7.17. The van der Waals surface area contributed by atoms with Crippen LogP contribution in [0.5, 0.6) is 0 Å². The molecule has 0 radical (unpaired) electrons. The molecule has 1 saturated heterocycles. The van der Waals surface area contributed by atoms with Crippen LogP contribution in [0.2, 0.25) is 0 Å². The lowest BCUT2D eigenvalue weighted by Gasteiger charge is -2.34. The van der Waals surface area contributed by atoms with Crippen molar-refractivity contribution < 1.29 is 8.42 Å². The summed E-state index contributed by atoms with van der Waals surface area (Å²) in [7, 11) is -3.08. The van der Waals surface area contributed by atoms with E-state index in [1.165, 1.54) is 11.3 Å². The van der Waals surface area contributed by atoms with Crippen molar-refractivity contribution in [2.45, 2.75) is 38.7 Å². The molecule has 5 nitrogen and oxygen atoms in total. The first kappa shape index (κ1) is 17.1. The number of aromatic nitrogens is 1. The standard InChI is InChI=1S/C13H23N3O2S3/c1-4-21(17,18)12-9-19-6-5-16(12)13-15-11(8-20-13)7-14-10(2)3/h8,10,12,14H,4-7,9H2,1-3H3. The summed E-state index contributed by atoms with van der Waals surface area (Å²) in [6.45, 7) is 7.38. The van der Waals surface area contributed by atoms with E-state index in [1.807, 2.05) is 10.3 Å². The number of hydrogen-bond acceptors (Lipinski definition) is 7. The van der Waals surface area contributed by atoms with Crippen LogP contribution in [-0.2, 0) is 16.4 Å². The predicted molar refractivity (Wildman–Crippen MR) is 92.0 cm³/mol. The van der Waals surface area contributed by atoms with E-state index in [2.05, 4.69) is 24.1 Å². The van der Waals surface area contributed by atoms with Crippen molar-refractivity contribution in [3.8, 4) is 0 Å². The molecule has 1 fully saturated rings. The zero-order valence-corrected chi connectivity index (χ0v) is 15.2. The van der Waals surface area contributed by atoms with Gasteiger partial charge in [0.25, 0.3) is 0 Å². The van der Waals surface area contributed by atoms with Crippen molar-refractivity contribution >= 4 is 38.1 Å². The van der Waals surface area contributed by atoms with Crippen LogP contribution in [0.3, 0.4) is 0 Å². The molecule has 1 aliphatic heterocycles. The largest absolute Gasteiger partial charge is 0.329 e. The SMILES string of the molecule is CCS(=O)(=O)C1CSCCN1c1nc(CNC(C)C)cs1. The molecule has 1 N–H and O–H groups in total. The number of anilines is 1. The average molecular weight is 350 g/mol. The summed E-state index contributed by atoms with van der Waals surface area (Å²) in [6.07, 6.45) is 0. The smallest absolute Gasteiger partial charge is 0.186 e. The van der Waals surface area contributed by atoms with Crippen molar-refractivity contribution in [3.63, 3.8) is 0 Å². The van der Waals surface area contributed by atoms with Gasteiger partial charge in [0.2, 0.25) is 0 Å². The molecule has 0 aromatic carbocycles. The first-order valence-corrected chi connectivity index (χ1v) is 10.9. The third-order valence-electron chi connectivity index (χ3n) is 3.38. The fourth-order valence-electron chi connectivity index (χ4n) is 2.11. The molecule has 1 aromatic heterocycles. The normalized spacial score (nSPS) is 20.2. The monoisotopic (exact) mass is 349 g/mol. The van der Waals surface area contributed by atoms with Crippen molar-refractivity contribution in [1.29, 1.82) is 0 Å². The molecule has 0 spiro atoms. The summed E-state index contributed by atoms with van der Waals surface area (Å²) in [4.78, 5) is 6.58. The Hall–Kier alpha value is -0.310. The average Bonchev–Trinajstić information content (AvgIpc) is 2.94. The lowest BCUT2D eigenvalue weighted by atomic mass is 10.4. The molecule has 2 heterocycles. The van der Waals surface area contributed by atoms with Gasteiger partial charge in [-0.3, -0.25) is 0 Å². The van der Waals surface area contributed by atoms with Crippen LogP contribution in [0.25, 0.3) is 0 Å². The van der Waals surface area contributed by atoms with Gasteiger partial charge in [0.05, 0.1) is 5.69 Å². The Kier molecular flexibility index (Phi) is 5.93. The van der Waals surface area contributed by atoms with E-state index in [9.17, 15) is 8.42 Å². The van der Waals surface area contributed by atoms with Crippen LogP contribution in [0, 0.1) is 0 Å². The molecular weight excluding hydrogens is 326 g/mol. The Bertz CT molecular complexity index is 557. The number of nitrogens with zero attached hydrogens (tertiary/aromatic N) is 2. The molecule has 0 bridgehead atoms. The third kappa shape index (κ3) is 4.34. The quantitative estimate of drug-likeness (QED) is 0.847. The highest BCUT2D eigenvalue weighted by atomic mass is 32.2. The molecule has 1 unspecified atom stereocenters. The Balaban J connectivity index is 2.14. The van der Waals surface area contributed by atoms with Gasteiger partial charge in [-0.15, -0.1) is 11.3 Å². The van der Waals surface area contributed by atoms with Gasteiger partial charge in [-0.05, 0) is 0 Å². The van der Waals surface area contributed by atoms with Crippen molar-refractivity contribution in [1.82, 2.24) is 10.3 Å². The van der Waals surface area contributed by atoms with Gasteiger partial charge < -0.3 is 10.2 Å². The van der Waals surface area contributed by atoms with E-state index < -0.39 is 15.2 Å². The number of thioether (sulfide) groups is 1. The van der Waals surface area contributed by atoms with E-state index in [0.717, 1.165) is 29.7 Å². The van der Waals surface area contributed by atoms with Crippen molar-refractivity contribution in [3.05, 3.63) is 11.1 Å². The Morgan fingerprint density at radius 3 is 2.95 bits per heavy atom. The summed E-state index contributed by atoms with van der Waals surface area (Å²) in [6, 6.07) is 0.412. The van der Waals surface area contributed by atoms with E-state index in [4.69, 9.17) is 0 Å². The van der Waals surface area contributed by atoms with Crippen molar-refractivity contribution in [2.24, 2.45) is 0 Å². The molecule has 21 heavy (non-hydrogen) atoms. The molecule has 120 valence electrons. The number of rotatable bonds is 6. The maximum Gasteiger partial charge on any atom is 0.186 e. The fraction of sp³-hybridized carbons (Fsp3) is 0.769. The van der Waals surface area contributed by atoms with E-state index in [0.29, 0.717) is 11.8 Å². The molecule has 1 atom stereocenters. The zero-order valence-electron chi connectivity index (χ0n) is 12.7. The summed E-state index contributed by atoms with van der Waals surface area (Å²) < 4.78 is 24.5. The third-order valence-corrected chi connectivity index (χ3v) is 7.59. The second kappa shape index (κ2) is 7.30. The summed E-state index contributed by atoms with van der Waals surface area (Å²) in [5, 5.41) is 5.75. The molecule has 0 saturated carbocycles. The minimum Gasteiger partial charge on any atom is -0.329 e. The van der Waals surface area contributed by atoms with Gasteiger partial charge in [-0.1, -0.05) is 20.8 Å². The fourth-order valence-corrected chi connectivity index (χ4v) is 6.05. The summed E-state index contributed by atoms with van der Waals surface area (Å²) in [5.74, 6) is 1.77. The van der Waals surface area contributed by atoms with Crippen molar-refractivity contribution in [2.75, 3.05) is 28.7 Å². The Labute approximate surface area is 135 Å². The number of nitrogens with one attached hydrogen (secondary N) is 1. The lowest BCUT2D eigenvalue weighted by Crippen LogP contribution is -2.48. The minimum absolute atomic E-state index is 0.182. The maximum absolute atomic E-state index is 12.3. The highest BCUT2D eigenvalue weighted by Crippen LogP contribution is 2.29. The zero-order chi connectivity index (χ0) is 15.5. The van der Waals surface area contributed by atoms with E-state index in [1.54, 1.807) is 18.7 Å². The number of hydrogen-bond donors (Lipinski definition) is 1. The van der Waals surface area contributed by atoms with Gasteiger partial charge in [0.1, 0.15) is 5.37 Å². The highest BCUT2D eigenvalue weighted by molar-refractivity contribution is 8.01. The number of thiazole rings is 1. The minimum atomic E-state index is -3.08. The second-order valence-electron chi connectivity index (χ2n) is 5.33. The maximum atomic E-state index is 12.3. The van der Waals surface area contributed by atoms with Gasteiger partial charge in [-0.25, -0.2) is 13.4 Å². The first-order chi connectivity index (χ1) is 9.94. The van der Waals surface area contributed by atoms with Crippen LogP contribution in [0.15, 0.2) is 5.38 Å². The van der Waals surface area contributed by atoms with E-state index >= 15 is 0 Å². The molecule has 1 aromatic rings.